The predicted octanol–water partition coefficient (Wildman–Crippen LogP) is 0.761. The summed E-state index contributed by atoms with van der Waals surface area (Å²) in [5.74, 6) is 0.642. The largest absolute Gasteiger partial charge is 0.346 e. The van der Waals surface area contributed by atoms with Crippen LogP contribution in [0.25, 0.3) is 11.4 Å². The Morgan fingerprint density at radius 3 is 2.87 bits per heavy atom. The Morgan fingerprint density at radius 2 is 2.22 bits per heavy atom. The first-order valence-electron chi connectivity index (χ1n) is 7.82. The van der Waals surface area contributed by atoms with E-state index in [1.807, 2.05) is 19.1 Å². The summed E-state index contributed by atoms with van der Waals surface area (Å²) in [6.07, 6.45) is 5.39. The highest BCUT2D eigenvalue weighted by molar-refractivity contribution is 5.73. The number of carbonyl (C=O) groups excluding carboxylic acids is 1. The summed E-state index contributed by atoms with van der Waals surface area (Å²) in [7, 11) is 0. The molecule has 2 aromatic rings. The number of nitrogens with one attached hydrogen (secondary N) is 2. The zero-order chi connectivity index (χ0) is 16.2. The van der Waals surface area contributed by atoms with Gasteiger partial charge in [0, 0.05) is 37.1 Å². The molecule has 1 aliphatic carbocycles. The molecule has 2 aromatic heterocycles. The quantitative estimate of drug-likeness (QED) is 0.823. The van der Waals surface area contributed by atoms with E-state index in [4.69, 9.17) is 0 Å². The Kier molecular flexibility index (Phi) is 4.40. The molecule has 0 saturated heterocycles. The summed E-state index contributed by atoms with van der Waals surface area (Å²) >= 11 is 0. The van der Waals surface area contributed by atoms with Crippen molar-refractivity contribution in [2.45, 2.75) is 32.4 Å². The molecule has 0 aliphatic heterocycles. The average Bonchev–Trinajstić information content (AvgIpc) is 3.34. The number of carbonyl (C=O) groups is 1. The van der Waals surface area contributed by atoms with Gasteiger partial charge in [-0.25, -0.2) is 14.3 Å². The number of amides is 2. The van der Waals surface area contributed by atoms with Crippen molar-refractivity contribution in [1.29, 1.82) is 0 Å². The summed E-state index contributed by atoms with van der Waals surface area (Å²) in [5, 5.41) is 9.79. The topological polar surface area (TPSA) is 93.8 Å². The lowest BCUT2D eigenvalue weighted by Gasteiger charge is -2.04. The van der Waals surface area contributed by atoms with Gasteiger partial charge >= 0.3 is 11.7 Å². The maximum Gasteiger partial charge on any atom is 0.346 e. The fourth-order valence-electron chi connectivity index (χ4n) is 2.42. The van der Waals surface area contributed by atoms with Gasteiger partial charge in [-0.05, 0) is 31.9 Å². The van der Waals surface area contributed by atoms with E-state index in [0.29, 0.717) is 25.5 Å². The molecule has 0 bridgehead atoms. The number of hydrogen-bond donors (Lipinski definition) is 2. The monoisotopic (exact) mass is 316 g/mol. The molecule has 0 atom stereocenters. The van der Waals surface area contributed by atoms with Gasteiger partial charge < -0.3 is 10.6 Å². The molecule has 2 heterocycles. The molecular weight excluding hydrogens is 296 g/mol. The highest BCUT2D eigenvalue weighted by atomic mass is 16.2. The minimum absolute atomic E-state index is 0.135. The van der Waals surface area contributed by atoms with Crippen LogP contribution in [0, 0.1) is 0 Å². The average molecular weight is 316 g/mol. The molecule has 2 N–H and O–H groups in total. The second-order valence-electron chi connectivity index (χ2n) is 5.46. The molecule has 0 aromatic carbocycles. The Morgan fingerprint density at radius 1 is 1.39 bits per heavy atom. The first-order valence-corrected chi connectivity index (χ1v) is 7.82. The van der Waals surface area contributed by atoms with Crippen molar-refractivity contribution >= 4 is 6.03 Å². The molecule has 0 radical (unpaired) electrons. The van der Waals surface area contributed by atoms with Crippen LogP contribution in [0.2, 0.25) is 0 Å². The molecule has 122 valence electrons. The van der Waals surface area contributed by atoms with E-state index in [-0.39, 0.29) is 17.8 Å². The van der Waals surface area contributed by atoms with E-state index in [9.17, 15) is 9.59 Å². The summed E-state index contributed by atoms with van der Waals surface area (Å²) in [5.41, 5.74) is 0.691. The van der Waals surface area contributed by atoms with Gasteiger partial charge in [0.1, 0.15) is 0 Å². The number of nitrogens with zero attached hydrogens (tertiary/aromatic N) is 4. The van der Waals surface area contributed by atoms with Crippen molar-refractivity contribution in [1.82, 2.24) is 30.0 Å². The van der Waals surface area contributed by atoms with Crippen LogP contribution in [0.15, 0.2) is 29.3 Å². The van der Waals surface area contributed by atoms with Crippen LogP contribution in [-0.2, 0) is 6.54 Å². The van der Waals surface area contributed by atoms with Crippen LogP contribution in [0.4, 0.5) is 4.79 Å². The maximum absolute atomic E-state index is 12.6. The molecule has 3 rings (SSSR count). The summed E-state index contributed by atoms with van der Waals surface area (Å²) in [6, 6.07) is 3.70. The Labute approximate surface area is 133 Å². The molecule has 1 saturated carbocycles. The minimum Gasteiger partial charge on any atom is -0.338 e. The Balaban J connectivity index is 1.79. The first-order chi connectivity index (χ1) is 11.2. The van der Waals surface area contributed by atoms with Gasteiger partial charge in [0.25, 0.3) is 0 Å². The van der Waals surface area contributed by atoms with Crippen LogP contribution >= 0.6 is 0 Å². The van der Waals surface area contributed by atoms with Crippen molar-refractivity contribution in [3.63, 3.8) is 0 Å². The van der Waals surface area contributed by atoms with Crippen LogP contribution in [0.5, 0.6) is 0 Å². The van der Waals surface area contributed by atoms with Gasteiger partial charge in [-0.3, -0.25) is 9.55 Å². The zero-order valence-electron chi connectivity index (χ0n) is 13.0. The standard InChI is InChI=1S/C15H20N6O2/c1-2-17-14(22)18-8-9-20-15(23)21(12-5-6-12)13(19-20)11-4-3-7-16-10-11/h3-4,7,10,12H,2,5-6,8-9H2,1H3,(H2,17,18,22). The van der Waals surface area contributed by atoms with E-state index in [0.717, 1.165) is 18.4 Å². The van der Waals surface area contributed by atoms with Gasteiger partial charge in [-0.1, -0.05) is 0 Å². The van der Waals surface area contributed by atoms with Gasteiger partial charge in [-0.15, -0.1) is 5.10 Å². The Hall–Kier alpha value is -2.64. The number of hydrogen-bond acceptors (Lipinski definition) is 4. The molecule has 1 aliphatic rings. The fourth-order valence-corrected chi connectivity index (χ4v) is 2.42. The number of pyridine rings is 1. The molecule has 1 fully saturated rings. The predicted molar refractivity (Wildman–Crippen MR) is 85.1 cm³/mol. The summed E-state index contributed by atoms with van der Waals surface area (Å²) in [4.78, 5) is 28.0. The number of urea groups is 1. The van der Waals surface area contributed by atoms with E-state index in [2.05, 4.69) is 20.7 Å². The van der Waals surface area contributed by atoms with Gasteiger partial charge in [0.15, 0.2) is 5.82 Å². The van der Waals surface area contributed by atoms with Crippen LogP contribution < -0.4 is 16.3 Å². The van der Waals surface area contributed by atoms with Crippen molar-refractivity contribution in [2.75, 3.05) is 13.1 Å². The second-order valence-corrected chi connectivity index (χ2v) is 5.46. The van der Waals surface area contributed by atoms with E-state index < -0.39 is 0 Å². The highest BCUT2D eigenvalue weighted by Gasteiger charge is 2.30. The molecule has 0 unspecified atom stereocenters. The number of aromatic nitrogens is 4. The first kappa shape index (κ1) is 15.3. The summed E-state index contributed by atoms with van der Waals surface area (Å²) in [6.45, 7) is 3.09. The van der Waals surface area contributed by atoms with Crippen LogP contribution in [0.3, 0.4) is 0 Å². The van der Waals surface area contributed by atoms with Crippen LogP contribution in [-0.4, -0.2) is 38.5 Å². The third-order valence-corrected chi connectivity index (χ3v) is 3.65. The zero-order valence-corrected chi connectivity index (χ0v) is 13.0. The molecule has 0 spiro atoms. The smallest absolute Gasteiger partial charge is 0.338 e. The van der Waals surface area contributed by atoms with Gasteiger partial charge in [-0.2, -0.15) is 0 Å². The fraction of sp³-hybridized carbons (Fsp3) is 0.467. The van der Waals surface area contributed by atoms with Crippen LogP contribution in [0.1, 0.15) is 25.8 Å². The van der Waals surface area contributed by atoms with Gasteiger partial charge in [0.05, 0.1) is 6.54 Å². The maximum atomic E-state index is 12.6. The van der Waals surface area contributed by atoms with Crippen molar-refractivity contribution < 1.29 is 4.79 Å². The molecule has 23 heavy (non-hydrogen) atoms. The van der Waals surface area contributed by atoms with E-state index in [1.165, 1.54) is 4.68 Å². The lowest BCUT2D eigenvalue weighted by atomic mass is 10.3. The molecule has 8 heteroatoms. The van der Waals surface area contributed by atoms with Crippen molar-refractivity contribution in [3.8, 4) is 11.4 Å². The van der Waals surface area contributed by atoms with Crippen molar-refractivity contribution in [3.05, 3.63) is 35.0 Å². The van der Waals surface area contributed by atoms with E-state index >= 15 is 0 Å². The van der Waals surface area contributed by atoms with E-state index in [1.54, 1.807) is 17.0 Å². The van der Waals surface area contributed by atoms with Gasteiger partial charge in [0.2, 0.25) is 0 Å². The molecular formula is C15H20N6O2. The molecule has 2 amide bonds. The second kappa shape index (κ2) is 6.64. The third-order valence-electron chi connectivity index (χ3n) is 3.65. The number of rotatable bonds is 6. The Bertz CT molecular complexity index is 732. The summed E-state index contributed by atoms with van der Waals surface area (Å²) < 4.78 is 3.15. The lowest BCUT2D eigenvalue weighted by molar-refractivity contribution is 0.241. The normalized spacial score (nSPS) is 13.8. The lowest BCUT2D eigenvalue weighted by Crippen LogP contribution is -2.38. The van der Waals surface area contributed by atoms with Crippen molar-refractivity contribution in [2.24, 2.45) is 0 Å². The third kappa shape index (κ3) is 3.41. The highest BCUT2D eigenvalue weighted by Crippen LogP contribution is 2.36. The SMILES string of the molecule is CCNC(=O)NCCn1nc(-c2cccnc2)n(C2CC2)c1=O. The minimum atomic E-state index is -0.241. The molecule has 8 nitrogen and oxygen atoms in total.